The minimum atomic E-state index is 0.0879. The molecular formula is C20H25NO3S. The van der Waals surface area contributed by atoms with Gasteiger partial charge in [0.05, 0.1) is 12.0 Å². The van der Waals surface area contributed by atoms with Gasteiger partial charge in [-0.1, -0.05) is 18.2 Å². The number of nitrogens with zero attached hydrogens (tertiary/aromatic N) is 1. The van der Waals surface area contributed by atoms with Crippen LogP contribution in [0.25, 0.3) is 0 Å². The number of benzene rings is 1. The first-order chi connectivity index (χ1) is 12.2. The van der Waals surface area contributed by atoms with Crippen molar-refractivity contribution >= 4 is 17.7 Å². The summed E-state index contributed by atoms with van der Waals surface area (Å²) in [5.41, 5.74) is 1.06. The number of thioether (sulfide) groups is 1. The maximum Gasteiger partial charge on any atom is 0.260 e. The van der Waals surface area contributed by atoms with E-state index in [2.05, 4.69) is 0 Å². The number of hydrogen-bond donors (Lipinski definition) is 0. The number of rotatable bonds is 7. The lowest BCUT2D eigenvalue weighted by atomic mass is 9.99. The maximum atomic E-state index is 12.3. The number of ether oxygens (including phenoxy) is 1. The maximum absolute atomic E-state index is 12.3. The van der Waals surface area contributed by atoms with Crippen molar-refractivity contribution in [1.29, 1.82) is 0 Å². The van der Waals surface area contributed by atoms with Crippen molar-refractivity contribution in [1.82, 2.24) is 4.90 Å². The molecule has 2 aromatic rings. The normalized spacial score (nSPS) is 15.3. The van der Waals surface area contributed by atoms with E-state index in [4.69, 9.17) is 9.15 Å². The summed E-state index contributed by atoms with van der Waals surface area (Å²) in [6.07, 6.45) is 3.86. The number of carbonyl (C=O) groups is 1. The van der Waals surface area contributed by atoms with Crippen LogP contribution >= 0.6 is 11.8 Å². The van der Waals surface area contributed by atoms with Gasteiger partial charge in [-0.15, -0.1) is 0 Å². The smallest absolute Gasteiger partial charge is 0.260 e. The number of para-hydroxylation sites is 1. The van der Waals surface area contributed by atoms with Crippen molar-refractivity contribution in [2.45, 2.75) is 25.5 Å². The van der Waals surface area contributed by atoms with E-state index in [-0.39, 0.29) is 12.5 Å². The zero-order chi connectivity index (χ0) is 17.5. The monoisotopic (exact) mass is 359 g/mol. The van der Waals surface area contributed by atoms with Crippen LogP contribution in [-0.2, 0) is 10.5 Å². The highest BCUT2D eigenvalue weighted by atomic mass is 32.2. The molecule has 0 saturated carbocycles. The van der Waals surface area contributed by atoms with Crippen molar-refractivity contribution in [2.75, 3.05) is 25.4 Å². The van der Waals surface area contributed by atoms with Gasteiger partial charge in [-0.25, -0.2) is 0 Å². The molecule has 0 bridgehead atoms. The first-order valence-electron chi connectivity index (χ1n) is 8.78. The number of hydrogen-bond acceptors (Lipinski definition) is 4. The predicted octanol–water partition coefficient (Wildman–Crippen LogP) is 4.14. The summed E-state index contributed by atoms with van der Waals surface area (Å²) in [4.78, 5) is 14.3. The van der Waals surface area contributed by atoms with Gasteiger partial charge in [0.15, 0.2) is 6.61 Å². The number of carbonyl (C=O) groups excluding carboxylic acids is 1. The molecule has 4 nitrogen and oxygen atoms in total. The molecule has 2 heterocycles. The Morgan fingerprint density at radius 1 is 1.24 bits per heavy atom. The second kappa shape index (κ2) is 8.99. The van der Waals surface area contributed by atoms with Crippen LogP contribution in [0.3, 0.4) is 0 Å². The summed E-state index contributed by atoms with van der Waals surface area (Å²) < 4.78 is 11.0. The molecular weight excluding hydrogens is 334 g/mol. The van der Waals surface area contributed by atoms with Gasteiger partial charge in [0.25, 0.3) is 5.91 Å². The Kier molecular flexibility index (Phi) is 6.45. The van der Waals surface area contributed by atoms with E-state index in [1.165, 1.54) is 0 Å². The fraction of sp³-hybridized carbons (Fsp3) is 0.450. The number of furan rings is 1. The zero-order valence-electron chi connectivity index (χ0n) is 14.6. The van der Waals surface area contributed by atoms with Gasteiger partial charge < -0.3 is 14.1 Å². The second-order valence-corrected chi connectivity index (χ2v) is 7.50. The molecule has 1 aromatic carbocycles. The molecule has 1 fully saturated rings. The highest BCUT2D eigenvalue weighted by Crippen LogP contribution is 2.24. The molecule has 0 radical (unpaired) electrons. The molecule has 5 heteroatoms. The number of aryl methyl sites for hydroxylation is 1. The summed E-state index contributed by atoms with van der Waals surface area (Å²) in [7, 11) is 0. The molecule has 0 atom stereocenters. The van der Waals surface area contributed by atoms with E-state index < -0.39 is 0 Å². The molecule has 0 unspecified atom stereocenters. The van der Waals surface area contributed by atoms with Crippen molar-refractivity contribution in [3.63, 3.8) is 0 Å². The molecule has 1 saturated heterocycles. The Bertz CT molecular complexity index is 663. The van der Waals surface area contributed by atoms with Gasteiger partial charge in [-0.3, -0.25) is 4.79 Å². The largest absolute Gasteiger partial charge is 0.484 e. The van der Waals surface area contributed by atoms with Crippen molar-refractivity contribution in [3.8, 4) is 5.75 Å². The van der Waals surface area contributed by atoms with Gasteiger partial charge in [-0.2, -0.15) is 11.8 Å². The molecule has 0 N–H and O–H groups in total. The summed E-state index contributed by atoms with van der Waals surface area (Å²) in [6.45, 7) is 3.79. The lowest BCUT2D eigenvalue weighted by Crippen LogP contribution is -2.41. The highest BCUT2D eigenvalue weighted by molar-refractivity contribution is 7.98. The van der Waals surface area contributed by atoms with Gasteiger partial charge in [0, 0.05) is 13.1 Å². The zero-order valence-corrected chi connectivity index (χ0v) is 15.5. The van der Waals surface area contributed by atoms with E-state index in [0.29, 0.717) is 5.92 Å². The minimum Gasteiger partial charge on any atom is -0.484 e. The predicted molar refractivity (Wildman–Crippen MR) is 101 cm³/mol. The van der Waals surface area contributed by atoms with Crippen LogP contribution in [0.4, 0.5) is 0 Å². The van der Waals surface area contributed by atoms with E-state index >= 15 is 0 Å². The van der Waals surface area contributed by atoms with E-state index in [1.807, 2.05) is 60.0 Å². The fourth-order valence-electron chi connectivity index (χ4n) is 3.02. The molecule has 0 spiro atoms. The van der Waals surface area contributed by atoms with Crippen LogP contribution in [0.1, 0.15) is 24.2 Å². The Hall–Kier alpha value is -1.88. The van der Waals surface area contributed by atoms with Gasteiger partial charge in [0.1, 0.15) is 11.5 Å². The lowest BCUT2D eigenvalue weighted by Gasteiger charge is -2.31. The Morgan fingerprint density at radius 3 is 2.76 bits per heavy atom. The minimum absolute atomic E-state index is 0.0879. The van der Waals surface area contributed by atoms with Gasteiger partial charge in [0.2, 0.25) is 0 Å². The standard InChI is InChI=1S/C20H25NO3S/c1-16-5-2-3-7-19(16)24-13-20(22)21-10-8-17(9-11-21)14-25-15-18-6-4-12-23-18/h2-7,12,17H,8-11,13-15H2,1H3. The molecule has 1 aromatic heterocycles. The lowest BCUT2D eigenvalue weighted by molar-refractivity contribution is -0.134. The SMILES string of the molecule is Cc1ccccc1OCC(=O)N1CCC(CSCc2ccco2)CC1. The van der Waals surface area contributed by atoms with Crippen LogP contribution in [0.15, 0.2) is 47.1 Å². The van der Waals surface area contributed by atoms with Crippen molar-refractivity contribution < 1.29 is 13.9 Å². The molecule has 1 amide bonds. The Labute approximate surface area is 153 Å². The van der Waals surface area contributed by atoms with Crippen LogP contribution < -0.4 is 4.74 Å². The first kappa shape index (κ1) is 17.9. The van der Waals surface area contributed by atoms with Crippen molar-refractivity contribution in [2.24, 2.45) is 5.92 Å². The molecule has 134 valence electrons. The Balaban J connectivity index is 1.35. The number of likely N-dealkylation sites (tertiary alicyclic amines) is 1. The van der Waals surface area contributed by atoms with Crippen molar-refractivity contribution in [3.05, 3.63) is 54.0 Å². The Morgan fingerprint density at radius 2 is 2.04 bits per heavy atom. The summed E-state index contributed by atoms with van der Waals surface area (Å²) in [5.74, 6) is 4.65. The number of piperidine rings is 1. The summed E-state index contributed by atoms with van der Waals surface area (Å²) in [5, 5.41) is 0. The third kappa shape index (κ3) is 5.30. The molecule has 3 rings (SSSR count). The summed E-state index contributed by atoms with van der Waals surface area (Å²) >= 11 is 1.91. The quantitative estimate of drug-likeness (QED) is 0.745. The molecule has 1 aliphatic heterocycles. The number of amides is 1. The van der Waals surface area contributed by atoms with Gasteiger partial charge >= 0.3 is 0 Å². The van der Waals surface area contributed by atoms with E-state index in [1.54, 1.807) is 6.26 Å². The molecule has 1 aliphatic rings. The van der Waals surface area contributed by atoms with Crippen LogP contribution in [0.5, 0.6) is 5.75 Å². The second-order valence-electron chi connectivity index (χ2n) is 6.47. The van der Waals surface area contributed by atoms with Crippen LogP contribution in [0.2, 0.25) is 0 Å². The third-order valence-corrected chi connectivity index (χ3v) is 5.79. The van der Waals surface area contributed by atoms with Crippen LogP contribution in [0, 0.1) is 12.8 Å². The first-order valence-corrected chi connectivity index (χ1v) is 9.94. The molecule has 25 heavy (non-hydrogen) atoms. The van der Waals surface area contributed by atoms with Crippen LogP contribution in [-0.4, -0.2) is 36.3 Å². The average molecular weight is 359 g/mol. The third-order valence-electron chi connectivity index (χ3n) is 4.59. The topological polar surface area (TPSA) is 42.7 Å². The fourth-order valence-corrected chi connectivity index (χ4v) is 4.17. The average Bonchev–Trinajstić information content (AvgIpc) is 3.15. The van der Waals surface area contributed by atoms with E-state index in [9.17, 15) is 4.79 Å². The highest BCUT2D eigenvalue weighted by Gasteiger charge is 2.23. The van der Waals surface area contributed by atoms with E-state index in [0.717, 1.165) is 54.5 Å². The van der Waals surface area contributed by atoms with Gasteiger partial charge in [-0.05, 0) is 55.2 Å². The molecule has 0 aliphatic carbocycles. The summed E-state index contributed by atoms with van der Waals surface area (Å²) in [6, 6.07) is 11.7.